The van der Waals surface area contributed by atoms with E-state index < -0.39 is 30.1 Å². The minimum Gasteiger partial charge on any atom is -0.481 e. The van der Waals surface area contributed by atoms with E-state index in [-0.39, 0.29) is 25.4 Å². The molecule has 2 amide bonds. The summed E-state index contributed by atoms with van der Waals surface area (Å²) >= 11 is 0. The quantitative estimate of drug-likeness (QED) is 0.508. The Hall–Kier alpha value is -3.79. The molecule has 7 heteroatoms. The summed E-state index contributed by atoms with van der Waals surface area (Å²) in [4.78, 5) is 36.3. The molecule has 1 aliphatic carbocycles. The third-order valence-corrected chi connectivity index (χ3v) is 5.70. The lowest BCUT2D eigenvalue weighted by atomic mass is 9.98. The van der Waals surface area contributed by atoms with E-state index in [4.69, 9.17) is 9.84 Å². The molecular formula is C26H28N2O5. The van der Waals surface area contributed by atoms with Crippen molar-refractivity contribution in [3.63, 3.8) is 0 Å². The lowest BCUT2D eigenvalue weighted by molar-refractivity contribution is -0.137. The zero-order valence-corrected chi connectivity index (χ0v) is 18.8. The average molecular weight is 449 g/mol. The number of nitrogens with one attached hydrogen (secondary N) is 2. The third kappa shape index (κ3) is 5.92. The predicted molar refractivity (Wildman–Crippen MR) is 125 cm³/mol. The second kappa shape index (κ2) is 11.2. The fourth-order valence-corrected chi connectivity index (χ4v) is 4.01. The maximum Gasteiger partial charge on any atom is 0.407 e. The smallest absolute Gasteiger partial charge is 0.407 e. The molecule has 0 saturated carbocycles. The van der Waals surface area contributed by atoms with E-state index in [1.165, 1.54) is 0 Å². The zero-order chi connectivity index (χ0) is 23.8. The van der Waals surface area contributed by atoms with E-state index in [0.717, 1.165) is 22.3 Å². The summed E-state index contributed by atoms with van der Waals surface area (Å²) in [5.41, 5.74) is 4.44. The van der Waals surface area contributed by atoms with Crippen LogP contribution in [0.15, 0.2) is 48.5 Å². The van der Waals surface area contributed by atoms with Crippen LogP contribution in [0.5, 0.6) is 0 Å². The van der Waals surface area contributed by atoms with Crippen LogP contribution in [-0.4, -0.2) is 41.8 Å². The number of benzene rings is 2. The van der Waals surface area contributed by atoms with E-state index in [0.29, 0.717) is 6.42 Å². The molecule has 0 heterocycles. The number of carbonyl (C=O) groups is 3. The van der Waals surface area contributed by atoms with Crippen LogP contribution in [0.4, 0.5) is 4.79 Å². The van der Waals surface area contributed by atoms with Gasteiger partial charge in [0.15, 0.2) is 0 Å². The third-order valence-electron chi connectivity index (χ3n) is 5.70. The molecular weight excluding hydrogens is 420 g/mol. The first kappa shape index (κ1) is 23.9. The summed E-state index contributed by atoms with van der Waals surface area (Å²) in [5.74, 6) is 3.92. The Balaban J connectivity index is 1.65. The topological polar surface area (TPSA) is 105 Å². The molecule has 2 atom stereocenters. The van der Waals surface area contributed by atoms with E-state index in [9.17, 15) is 14.4 Å². The van der Waals surface area contributed by atoms with Gasteiger partial charge in [0.25, 0.3) is 0 Å². The number of hydrogen-bond donors (Lipinski definition) is 3. The Kier molecular flexibility index (Phi) is 8.09. The minimum absolute atomic E-state index is 0.0918. The number of aliphatic carboxylic acids is 1. The Morgan fingerprint density at radius 2 is 1.64 bits per heavy atom. The Morgan fingerprint density at radius 3 is 2.18 bits per heavy atom. The Morgan fingerprint density at radius 1 is 1.03 bits per heavy atom. The highest BCUT2D eigenvalue weighted by atomic mass is 16.5. The number of rotatable bonds is 9. The fourth-order valence-electron chi connectivity index (χ4n) is 4.01. The molecule has 1 aliphatic rings. The van der Waals surface area contributed by atoms with Crippen molar-refractivity contribution in [2.24, 2.45) is 0 Å². The SMILES string of the molecule is CC#CCC(NC(=O)OCC1c2ccccc2-c2ccccc21)C(=O)NC(CC)CC(=O)O. The van der Waals surface area contributed by atoms with E-state index in [1.54, 1.807) is 13.8 Å². The summed E-state index contributed by atoms with van der Waals surface area (Å²) in [6.07, 6.45) is -0.369. The number of carbonyl (C=O) groups excluding carboxylic acids is 2. The van der Waals surface area contributed by atoms with Crippen molar-refractivity contribution in [2.45, 2.75) is 51.1 Å². The van der Waals surface area contributed by atoms with Gasteiger partial charge in [-0.25, -0.2) is 4.79 Å². The molecule has 0 radical (unpaired) electrons. The van der Waals surface area contributed by atoms with Crippen molar-refractivity contribution in [1.82, 2.24) is 10.6 Å². The molecule has 0 aliphatic heterocycles. The molecule has 0 bridgehead atoms. The van der Waals surface area contributed by atoms with Crippen LogP contribution < -0.4 is 10.6 Å². The van der Waals surface area contributed by atoms with Gasteiger partial charge in [0, 0.05) is 18.4 Å². The monoisotopic (exact) mass is 448 g/mol. The van der Waals surface area contributed by atoms with Gasteiger partial charge in [0.1, 0.15) is 12.6 Å². The first-order chi connectivity index (χ1) is 15.9. The minimum atomic E-state index is -1.00. The first-order valence-electron chi connectivity index (χ1n) is 11.0. The summed E-state index contributed by atoms with van der Waals surface area (Å²) < 4.78 is 5.52. The molecule has 0 aromatic heterocycles. The van der Waals surface area contributed by atoms with Crippen molar-refractivity contribution in [1.29, 1.82) is 0 Å². The van der Waals surface area contributed by atoms with Crippen LogP contribution in [0.3, 0.4) is 0 Å². The predicted octanol–water partition coefficient (Wildman–Crippen LogP) is 3.68. The normalized spacial score (nSPS) is 13.5. The molecule has 0 fully saturated rings. The summed E-state index contributed by atoms with van der Waals surface area (Å²) in [6.45, 7) is 3.56. The largest absolute Gasteiger partial charge is 0.481 e. The van der Waals surface area contributed by atoms with E-state index in [1.807, 2.05) is 36.4 Å². The van der Waals surface area contributed by atoms with Gasteiger partial charge in [-0.3, -0.25) is 9.59 Å². The highest BCUT2D eigenvalue weighted by Gasteiger charge is 2.30. The van der Waals surface area contributed by atoms with Gasteiger partial charge in [-0.05, 0) is 35.6 Å². The number of carboxylic acid groups (broad SMARTS) is 1. The number of hydrogen-bond acceptors (Lipinski definition) is 4. The standard InChI is InChI=1S/C26H28N2O5/c1-3-5-14-23(25(31)27-17(4-2)15-24(29)30)28-26(32)33-16-22-20-12-8-6-10-18(20)19-11-7-9-13-21(19)22/h6-13,17,22-23H,4,14-16H2,1-2H3,(H,27,31)(H,28,32)(H,29,30). The second-order valence-electron chi connectivity index (χ2n) is 7.86. The summed E-state index contributed by atoms with van der Waals surface area (Å²) in [6, 6.07) is 14.6. The molecule has 2 unspecified atom stereocenters. The van der Waals surface area contributed by atoms with Gasteiger partial charge in [-0.15, -0.1) is 11.8 Å². The van der Waals surface area contributed by atoms with Crippen molar-refractivity contribution in [3.05, 3.63) is 59.7 Å². The van der Waals surface area contributed by atoms with Crippen molar-refractivity contribution >= 4 is 18.0 Å². The number of carboxylic acids is 1. The Bertz CT molecular complexity index is 1040. The first-order valence-corrected chi connectivity index (χ1v) is 11.0. The van der Waals surface area contributed by atoms with Crippen LogP contribution in [0.1, 0.15) is 50.2 Å². The highest BCUT2D eigenvalue weighted by molar-refractivity contribution is 5.86. The molecule has 7 nitrogen and oxygen atoms in total. The molecule has 0 saturated heterocycles. The number of amides is 2. The lowest BCUT2D eigenvalue weighted by Crippen LogP contribution is -2.50. The molecule has 2 aromatic rings. The molecule has 33 heavy (non-hydrogen) atoms. The van der Waals surface area contributed by atoms with Crippen LogP contribution >= 0.6 is 0 Å². The maximum atomic E-state index is 12.7. The Labute approximate surface area is 193 Å². The van der Waals surface area contributed by atoms with Gasteiger partial charge in [0.2, 0.25) is 5.91 Å². The number of alkyl carbamates (subject to hydrolysis) is 1. The van der Waals surface area contributed by atoms with Crippen LogP contribution in [0, 0.1) is 11.8 Å². The van der Waals surface area contributed by atoms with Crippen molar-refractivity contribution in [2.75, 3.05) is 6.61 Å². The van der Waals surface area contributed by atoms with E-state index in [2.05, 4.69) is 34.6 Å². The van der Waals surface area contributed by atoms with Crippen LogP contribution in [-0.2, 0) is 14.3 Å². The van der Waals surface area contributed by atoms with Crippen LogP contribution in [0.25, 0.3) is 11.1 Å². The molecule has 0 spiro atoms. The average Bonchev–Trinajstić information content (AvgIpc) is 3.13. The van der Waals surface area contributed by atoms with Gasteiger partial charge < -0.3 is 20.5 Å². The lowest BCUT2D eigenvalue weighted by Gasteiger charge is -2.21. The highest BCUT2D eigenvalue weighted by Crippen LogP contribution is 2.44. The van der Waals surface area contributed by atoms with Crippen molar-refractivity contribution in [3.8, 4) is 23.0 Å². The molecule has 172 valence electrons. The fraction of sp³-hybridized carbons (Fsp3) is 0.346. The number of fused-ring (bicyclic) bond motifs is 3. The molecule has 3 rings (SSSR count). The summed E-state index contributed by atoms with van der Waals surface area (Å²) in [5, 5.41) is 14.3. The van der Waals surface area contributed by atoms with Gasteiger partial charge in [-0.2, -0.15) is 0 Å². The number of ether oxygens (including phenoxy) is 1. The van der Waals surface area contributed by atoms with Crippen molar-refractivity contribution < 1.29 is 24.2 Å². The maximum absolute atomic E-state index is 12.7. The van der Waals surface area contributed by atoms with Gasteiger partial charge in [-0.1, -0.05) is 55.5 Å². The zero-order valence-electron chi connectivity index (χ0n) is 18.8. The van der Waals surface area contributed by atoms with Gasteiger partial charge >= 0.3 is 12.1 Å². The van der Waals surface area contributed by atoms with E-state index >= 15 is 0 Å². The van der Waals surface area contributed by atoms with Crippen LogP contribution in [0.2, 0.25) is 0 Å². The second-order valence-corrected chi connectivity index (χ2v) is 7.86. The molecule has 2 aromatic carbocycles. The molecule has 3 N–H and O–H groups in total. The summed E-state index contributed by atoms with van der Waals surface area (Å²) in [7, 11) is 0. The van der Waals surface area contributed by atoms with Gasteiger partial charge in [0.05, 0.1) is 6.42 Å².